The van der Waals surface area contributed by atoms with Gasteiger partial charge in [0, 0.05) is 24.2 Å². The van der Waals surface area contributed by atoms with Crippen LogP contribution in [0.3, 0.4) is 0 Å². The van der Waals surface area contributed by atoms with E-state index < -0.39 is 32.9 Å². The smallest absolute Gasteiger partial charge is 0.273 e. The third-order valence-corrected chi connectivity index (χ3v) is 4.19. The normalized spacial score (nSPS) is 12.2. The highest BCUT2D eigenvalue weighted by atomic mass is 16.7. The maximum Gasteiger partial charge on any atom is 0.588 e. The van der Waals surface area contributed by atoms with Gasteiger partial charge in [-0.05, 0) is 25.7 Å². The molecule has 0 fully saturated rings. The monoisotopic (exact) mass is 396 g/mol. The second kappa shape index (κ2) is 14.3. The van der Waals surface area contributed by atoms with Crippen LogP contribution in [0.4, 0.5) is 0 Å². The molecule has 0 saturated heterocycles. The lowest BCUT2D eigenvalue weighted by Gasteiger charge is -2.14. The van der Waals surface area contributed by atoms with Crippen LogP contribution in [0.25, 0.3) is 0 Å². The predicted molar refractivity (Wildman–Crippen MR) is 102 cm³/mol. The molecule has 0 saturated carbocycles. The number of nitrogens with zero attached hydrogens (tertiary/aromatic N) is 3. The van der Waals surface area contributed by atoms with Gasteiger partial charge in [-0.2, -0.15) is 0 Å². The van der Waals surface area contributed by atoms with E-state index in [1.54, 1.807) is 0 Å². The van der Waals surface area contributed by atoms with E-state index in [2.05, 4.69) is 18.8 Å². The average Bonchev–Trinajstić information content (AvgIpc) is 2.63. The van der Waals surface area contributed by atoms with Crippen molar-refractivity contribution in [1.82, 2.24) is 0 Å². The fourth-order valence-corrected chi connectivity index (χ4v) is 2.57. The second-order valence-corrected chi connectivity index (χ2v) is 6.27. The zero-order chi connectivity index (χ0) is 21.4. The molecule has 0 N–H and O–H groups in total. The molecule has 28 heavy (non-hydrogen) atoms. The molecule has 10 heteroatoms. The first-order valence-electron chi connectivity index (χ1n) is 9.27. The first-order valence-corrected chi connectivity index (χ1v) is 9.27. The minimum absolute atomic E-state index is 0.155. The Kier molecular flexibility index (Phi) is 12.8. The Balaban J connectivity index is 4.33. The van der Waals surface area contributed by atoms with Gasteiger partial charge in [0.2, 0.25) is 0 Å². The molecule has 0 aliphatic carbocycles. The minimum atomic E-state index is -3.57. The first-order chi connectivity index (χ1) is 13.3. The maximum atomic E-state index is 11.1. The highest BCUT2D eigenvalue weighted by Gasteiger charge is 2.71. The summed E-state index contributed by atoms with van der Waals surface area (Å²) in [6.07, 6.45) is 11.1. The lowest BCUT2D eigenvalue weighted by atomic mass is 9.97. The summed E-state index contributed by atoms with van der Waals surface area (Å²) in [5, 5.41) is 33.0. The number of hydrogen-bond donors (Lipinski definition) is 0. The van der Waals surface area contributed by atoms with Gasteiger partial charge in [0.15, 0.2) is 0 Å². The molecule has 0 aliphatic rings. The predicted octanol–water partition coefficient (Wildman–Crippen LogP) is 3.47. The number of allylic oxidation sites excluding steroid dienone is 2. The summed E-state index contributed by atoms with van der Waals surface area (Å²) in [6, 6.07) is -2.26. The van der Waals surface area contributed by atoms with Crippen molar-refractivity contribution in [1.29, 1.82) is 0 Å². The molecule has 1 atom stereocenters. The zero-order valence-electron chi connectivity index (χ0n) is 16.0. The van der Waals surface area contributed by atoms with Crippen LogP contribution in [0, 0.1) is 42.2 Å². The van der Waals surface area contributed by atoms with Gasteiger partial charge in [0.05, 0.1) is 0 Å². The molecule has 1 radical (unpaired) electrons. The van der Waals surface area contributed by atoms with Crippen molar-refractivity contribution < 1.29 is 19.6 Å². The fourth-order valence-electron chi connectivity index (χ4n) is 2.57. The van der Waals surface area contributed by atoms with Gasteiger partial charge in [0.1, 0.15) is 9.85 Å². The summed E-state index contributed by atoms with van der Waals surface area (Å²) >= 11 is 0. The number of hydrogen-bond acceptors (Lipinski definition) is 7. The van der Waals surface area contributed by atoms with Crippen molar-refractivity contribution in [3.05, 3.63) is 42.5 Å². The Bertz CT molecular complexity index is 608. The molecule has 0 amide bonds. The van der Waals surface area contributed by atoms with Crippen LogP contribution in [-0.2, 0) is 4.79 Å². The maximum absolute atomic E-state index is 11.1. The van der Waals surface area contributed by atoms with E-state index >= 15 is 0 Å². The molecular formula is C18H26N3O7. The van der Waals surface area contributed by atoms with Crippen molar-refractivity contribution in [2.45, 2.75) is 82.8 Å². The summed E-state index contributed by atoms with van der Waals surface area (Å²) in [6.45, 7) is 2.13. The molecule has 1 unspecified atom stereocenters. The van der Waals surface area contributed by atoms with Gasteiger partial charge in [-0.15, -0.1) is 5.92 Å². The second-order valence-electron chi connectivity index (χ2n) is 6.27. The molecular weight excluding hydrogens is 370 g/mol. The fraction of sp³-hybridized carbons (Fsp3) is 0.722. The summed E-state index contributed by atoms with van der Waals surface area (Å²) in [4.78, 5) is 39.6. The van der Waals surface area contributed by atoms with Crippen LogP contribution in [0.15, 0.2) is 12.2 Å². The molecule has 0 bridgehead atoms. The Morgan fingerprint density at radius 1 is 0.929 bits per heavy atom. The highest BCUT2D eigenvalue weighted by Crippen LogP contribution is 2.22. The van der Waals surface area contributed by atoms with E-state index in [0.717, 1.165) is 19.3 Å². The third-order valence-electron chi connectivity index (χ3n) is 4.19. The molecule has 0 aromatic rings. The van der Waals surface area contributed by atoms with E-state index in [1.807, 2.05) is 12.2 Å². The quantitative estimate of drug-likeness (QED) is 0.103. The Morgan fingerprint density at radius 3 is 2.14 bits per heavy atom. The van der Waals surface area contributed by atoms with Gasteiger partial charge in [-0.25, -0.2) is 0 Å². The number of carbonyl (C=O) groups excluding carboxylic acids is 1. The van der Waals surface area contributed by atoms with Crippen LogP contribution in [0.2, 0.25) is 0 Å². The lowest BCUT2D eigenvalue weighted by Crippen LogP contribution is -2.59. The van der Waals surface area contributed by atoms with Crippen LogP contribution >= 0.6 is 0 Å². The summed E-state index contributed by atoms with van der Waals surface area (Å²) < 4.78 is 0. The van der Waals surface area contributed by atoms with Crippen LogP contribution < -0.4 is 0 Å². The van der Waals surface area contributed by atoms with E-state index in [0.29, 0.717) is 32.0 Å². The van der Waals surface area contributed by atoms with Gasteiger partial charge < -0.3 is 0 Å². The van der Waals surface area contributed by atoms with E-state index in [9.17, 15) is 35.1 Å². The van der Waals surface area contributed by atoms with Crippen molar-refractivity contribution in [2.75, 3.05) is 0 Å². The van der Waals surface area contributed by atoms with Crippen molar-refractivity contribution in [3.8, 4) is 11.8 Å². The van der Waals surface area contributed by atoms with E-state index in [1.165, 1.54) is 6.42 Å². The minimum Gasteiger partial charge on any atom is -0.273 e. The van der Waals surface area contributed by atoms with E-state index in [4.69, 9.17) is 0 Å². The number of unbranched alkanes of at least 4 members (excludes halogenated alkanes) is 6. The Morgan fingerprint density at radius 2 is 1.61 bits per heavy atom. The van der Waals surface area contributed by atoms with E-state index in [-0.39, 0.29) is 6.42 Å². The largest absolute Gasteiger partial charge is 0.588 e. The SMILES string of the molecule is CCCCCC#CC/C=C/CCCCCC([N+](=O)[O-])C([C]=O)([N+](=O)[O-])[N+](=O)[O-]. The van der Waals surface area contributed by atoms with Crippen molar-refractivity contribution >= 4 is 6.29 Å². The lowest BCUT2D eigenvalue weighted by molar-refractivity contribution is -0.810. The molecule has 0 aliphatic heterocycles. The first kappa shape index (κ1) is 25.2. The highest BCUT2D eigenvalue weighted by molar-refractivity contribution is 5.61. The summed E-state index contributed by atoms with van der Waals surface area (Å²) in [7, 11) is 0. The van der Waals surface area contributed by atoms with Gasteiger partial charge in [-0.3, -0.25) is 35.1 Å². The van der Waals surface area contributed by atoms with Crippen LogP contribution in [0.5, 0.6) is 0 Å². The van der Waals surface area contributed by atoms with Gasteiger partial charge in [-0.1, -0.05) is 44.3 Å². The standard InChI is InChI=1S/C18H26N3O7/c1-2-3-4-5-6-7-8-9-10-11-12-13-14-15-17(19(23)24)18(16-22,20(25)26)21(27)28/h9-10,17H,2-5,8,11-15H2,1H3/b10-9+. The average molecular weight is 396 g/mol. The molecule has 0 aromatic heterocycles. The topological polar surface area (TPSA) is 146 Å². The molecule has 0 heterocycles. The molecule has 0 aromatic carbocycles. The third kappa shape index (κ3) is 8.24. The molecule has 155 valence electrons. The summed E-state index contributed by atoms with van der Waals surface area (Å²) in [5.41, 5.74) is -3.57. The van der Waals surface area contributed by atoms with Crippen LogP contribution in [0.1, 0.15) is 71.1 Å². The van der Waals surface area contributed by atoms with Crippen LogP contribution in [-0.4, -0.2) is 32.8 Å². The van der Waals surface area contributed by atoms with Crippen molar-refractivity contribution in [3.63, 3.8) is 0 Å². The Labute approximate surface area is 163 Å². The zero-order valence-corrected chi connectivity index (χ0v) is 16.0. The molecule has 0 spiro atoms. The molecule has 10 nitrogen and oxygen atoms in total. The van der Waals surface area contributed by atoms with Crippen molar-refractivity contribution in [2.24, 2.45) is 0 Å². The molecule has 0 rings (SSSR count). The Hall–Kier alpha value is -2.83. The van der Waals surface area contributed by atoms with Gasteiger partial charge >= 0.3 is 18.0 Å². The van der Waals surface area contributed by atoms with Gasteiger partial charge in [0.25, 0.3) is 0 Å². The number of nitro groups is 3. The summed E-state index contributed by atoms with van der Waals surface area (Å²) in [5.74, 6) is 6.13. The number of rotatable bonds is 15.